The first kappa shape index (κ1) is 21.4. The lowest BCUT2D eigenvalue weighted by Crippen LogP contribution is -2.47. The molecule has 1 saturated carbocycles. The lowest BCUT2D eigenvalue weighted by molar-refractivity contribution is -0.125. The fourth-order valence-corrected chi connectivity index (χ4v) is 4.99. The summed E-state index contributed by atoms with van der Waals surface area (Å²) in [6.45, 7) is 10.4. The molecule has 1 amide bonds. The molecule has 0 bridgehead atoms. The molecule has 3 aliphatic rings. The number of carbonyl (C=O) groups excluding carboxylic acids is 1. The van der Waals surface area contributed by atoms with E-state index in [-0.39, 0.29) is 11.8 Å². The number of ether oxygens (including phenoxy) is 1. The van der Waals surface area contributed by atoms with Crippen molar-refractivity contribution < 1.29 is 9.53 Å². The Kier molecular flexibility index (Phi) is 7.13. The quantitative estimate of drug-likeness (QED) is 0.742. The highest BCUT2D eigenvalue weighted by atomic mass is 16.5. The van der Waals surface area contributed by atoms with Gasteiger partial charge in [0.25, 0.3) is 0 Å². The van der Waals surface area contributed by atoms with E-state index in [0.29, 0.717) is 6.04 Å². The van der Waals surface area contributed by atoms with Crippen LogP contribution in [0.5, 0.6) is 5.75 Å². The first-order valence-corrected chi connectivity index (χ1v) is 12.0. The summed E-state index contributed by atoms with van der Waals surface area (Å²) in [5.41, 5.74) is 1.30. The topological polar surface area (TPSA) is 57.7 Å². The number of piperazine rings is 1. The van der Waals surface area contributed by atoms with Crippen LogP contribution in [0.1, 0.15) is 57.9 Å². The molecule has 166 valence electrons. The molecule has 1 aromatic rings. The zero-order valence-electron chi connectivity index (χ0n) is 18.7. The number of nitrogens with zero attached hydrogens (tertiary/aromatic N) is 3. The molecule has 1 aliphatic carbocycles. The van der Waals surface area contributed by atoms with Gasteiger partial charge in [-0.2, -0.15) is 0 Å². The number of hydrogen-bond acceptors (Lipinski definition) is 5. The molecular weight excluding hydrogens is 376 g/mol. The second kappa shape index (κ2) is 9.99. The van der Waals surface area contributed by atoms with Gasteiger partial charge in [-0.1, -0.05) is 13.8 Å². The lowest BCUT2D eigenvalue weighted by atomic mass is 9.83. The van der Waals surface area contributed by atoms with E-state index in [9.17, 15) is 4.79 Å². The summed E-state index contributed by atoms with van der Waals surface area (Å²) in [4.78, 5) is 21.7. The van der Waals surface area contributed by atoms with E-state index >= 15 is 0 Å². The number of pyridine rings is 1. The maximum Gasteiger partial charge on any atom is 0.223 e. The molecule has 6 nitrogen and oxygen atoms in total. The van der Waals surface area contributed by atoms with Gasteiger partial charge in [0.1, 0.15) is 0 Å². The molecule has 0 radical (unpaired) electrons. The van der Waals surface area contributed by atoms with Crippen molar-refractivity contribution >= 4 is 11.7 Å². The Hall–Kier alpha value is -1.82. The minimum Gasteiger partial charge on any atom is -0.489 e. The molecule has 0 aromatic carbocycles. The van der Waals surface area contributed by atoms with Crippen LogP contribution in [0.3, 0.4) is 0 Å². The zero-order chi connectivity index (χ0) is 20.9. The Balaban J connectivity index is 1.16. The van der Waals surface area contributed by atoms with Gasteiger partial charge in [0.05, 0.1) is 6.61 Å². The van der Waals surface area contributed by atoms with Gasteiger partial charge in [0, 0.05) is 56.3 Å². The minimum absolute atomic E-state index is 0.139. The predicted octanol–water partition coefficient (Wildman–Crippen LogP) is 3.25. The van der Waals surface area contributed by atoms with E-state index in [1.807, 2.05) is 13.1 Å². The summed E-state index contributed by atoms with van der Waals surface area (Å²) in [6, 6.07) is 2.49. The van der Waals surface area contributed by atoms with Crippen molar-refractivity contribution in [3.8, 4) is 5.75 Å². The standard InChI is InChI=1S/C24H38N4O2/c1-3-18(2)24(29)26-21-6-4-19(5-7-21)9-12-27-13-15-28(16-14-27)23-22-20(8-11-25-23)10-17-30-22/h8,11,18-19,21H,3-7,9-10,12-17H2,1-2H3,(H,26,29). The summed E-state index contributed by atoms with van der Waals surface area (Å²) < 4.78 is 5.84. The Bertz CT molecular complexity index is 709. The minimum atomic E-state index is 0.139. The Morgan fingerprint density at radius 2 is 2.00 bits per heavy atom. The molecule has 6 heteroatoms. The number of aromatic nitrogens is 1. The number of anilines is 1. The largest absolute Gasteiger partial charge is 0.489 e. The lowest BCUT2D eigenvalue weighted by Gasteiger charge is -2.37. The van der Waals surface area contributed by atoms with E-state index in [0.717, 1.165) is 76.0 Å². The predicted molar refractivity (Wildman–Crippen MR) is 120 cm³/mol. The van der Waals surface area contributed by atoms with Crippen molar-refractivity contribution in [2.45, 2.75) is 64.8 Å². The van der Waals surface area contributed by atoms with Crippen molar-refractivity contribution in [2.75, 3.05) is 44.2 Å². The van der Waals surface area contributed by atoms with Crippen LogP contribution >= 0.6 is 0 Å². The maximum absolute atomic E-state index is 12.1. The third-order valence-corrected chi connectivity index (χ3v) is 7.36. The van der Waals surface area contributed by atoms with Gasteiger partial charge in [0.2, 0.25) is 5.91 Å². The highest BCUT2D eigenvalue weighted by molar-refractivity contribution is 5.78. The Morgan fingerprint density at radius 1 is 1.23 bits per heavy atom. The number of amides is 1. The molecule has 1 aromatic heterocycles. The van der Waals surface area contributed by atoms with Gasteiger partial charge < -0.3 is 15.0 Å². The first-order chi connectivity index (χ1) is 14.6. The average Bonchev–Trinajstić information content (AvgIpc) is 3.27. The van der Waals surface area contributed by atoms with Gasteiger partial charge in [-0.25, -0.2) is 4.98 Å². The summed E-state index contributed by atoms with van der Waals surface area (Å²) in [5.74, 6) is 3.25. The van der Waals surface area contributed by atoms with Crippen molar-refractivity contribution in [3.05, 3.63) is 17.8 Å². The summed E-state index contributed by atoms with van der Waals surface area (Å²) in [7, 11) is 0. The number of nitrogens with one attached hydrogen (secondary N) is 1. The van der Waals surface area contributed by atoms with Gasteiger partial charge >= 0.3 is 0 Å². The van der Waals surface area contributed by atoms with Crippen LogP contribution in [0.4, 0.5) is 5.82 Å². The van der Waals surface area contributed by atoms with E-state index in [1.165, 1.54) is 31.4 Å². The second-order valence-corrected chi connectivity index (χ2v) is 9.37. The molecule has 30 heavy (non-hydrogen) atoms. The average molecular weight is 415 g/mol. The van der Waals surface area contributed by atoms with Crippen molar-refractivity contribution in [1.82, 2.24) is 15.2 Å². The molecule has 3 heterocycles. The molecule has 2 aliphatic heterocycles. The van der Waals surface area contributed by atoms with Crippen LogP contribution in [0.2, 0.25) is 0 Å². The van der Waals surface area contributed by atoms with Crippen LogP contribution in [-0.4, -0.2) is 61.2 Å². The van der Waals surface area contributed by atoms with Crippen LogP contribution in [0.15, 0.2) is 12.3 Å². The van der Waals surface area contributed by atoms with Crippen LogP contribution in [-0.2, 0) is 11.2 Å². The van der Waals surface area contributed by atoms with Crippen LogP contribution < -0.4 is 15.0 Å². The second-order valence-electron chi connectivity index (χ2n) is 9.37. The van der Waals surface area contributed by atoms with Gasteiger partial charge in [-0.05, 0) is 57.1 Å². The van der Waals surface area contributed by atoms with E-state index in [2.05, 4.69) is 33.1 Å². The summed E-state index contributed by atoms with van der Waals surface area (Å²) in [6.07, 6.45) is 9.94. The van der Waals surface area contributed by atoms with Crippen molar-refractivity contribution in [2.24, 2.45) is 11.8 Å². The molecule has 2 fully saturated rings. The zero-order valence-corrected chi connectivity index (χ0v) is 18.7. The van der Waals surface area contributed by atoms with E-state index < -0.39 is 0 Å². The normalized spacial score (nSPS) is 25.5. The van der Waals surface area contributed by atoms with Crippen LogP contribution in [0.25, 0.3) is 0 Å². The molecule has 4 rings (SSSR count). The Morgan fingerprint density at radius 3 is 2.73 bits per heavy atom. The van der Waals surface area contributed by atoms with Crippen LogP contribution in [0, 0.1) is 11.8 Å². The van der Waals surface area contributed by atoms with Gasteiger partial charge in [0.15, 0.2) is 11.6 Å². The fraction of sp³-hybridized carbons (Fsp3) is 0.750. The van der Waals surface area contributed by atoms with Gasteiger partial charge in [-0.3, -0.25) is 9.69 Å². The number of fused-ring (bicyclic) bond motifs is 1. The Labute approximate surface area is 181 Å². The molecule has 1 atom stereocenters. The molecule has 0 spiro atoms. The van der Waals surface area contributed by atoms with Gasteiger partial charge in [-0.15, -0.1) is 0 Å². The van der Waals surface area contributed by atoms with E-state index in [4.69, 9.17) is 4.74 Å². The van der Waals surface area contributed by atoms with Crippen molar-refractivity contribution in [3.63, 3.8) is 0 Å². The molecule has 1 N–H and O–H groups in total. The monoisotopic (exact) mass is 414 g/mol. The summed E-state index contributed by atoms with van der Waals surface area (Å²) >= 11 is 0. The third-order valence-electron chi connectivity index (χ3n) is 7.36. The summed E-state index contributed by atoms with van der Waals surface area (Å²) in [5, 5.41) is 3.26. The van der Waals surface area contributed by atoms with Crippen molar-refractivity contribution in [1.29, 1.82) is 0 Å². The van der Waals surface area contributed by atoms with E-state index in [1.54, 1.807) is 0 Å². The number of hydrogen-bond donors (Lipinski definition) is 1. The SMILES string of the molecule is CCC(C)C(=O)NC1CCC(CCN2CCN(c3nccc4c3OCC4)CC2)CC1. The first-order valence-electron chi connectivity index (χ1n) is 12.0. The number of carbonyl (C=O) groups is 1. The molecule has 1 saturated heterocycles. The smallest absolute Gasteiger partial charge is 0.223 e. The molecular formula is C24H38N4O2. The highest BCUT2D eigenvalue weighted by Gasteiger charge is 2.27. The third kappa shape index (κ3) is 5.08. The fourth-order valence-electron chi connectivity index (χ4n) is 4.99. The number of rotatable bonds is 7. The highest BCUT2D eigenvalue weighted by Crippen LogP contribution is 2.34. The molecule has 1 unspecified atom stereocenters. The maximum atomic E-state index is 12.1.